The average Bonchev–Trinajstić information content (AvgIpc) is 3.03. The number of Topliss-reactive ketones (excluding diaryl/α,β-unsaturated/α-hetero) is 1. The smallest absolute Gasteiger partial charge is 0.166 e. The lowest BCUT2D eigenvalue weighted by molar-refractivity contribution is 0.0839. The van der Waals surface area contributed by atoms with Gasteiger partial charge in [0.1, 0.15) is 0 Å². The number of benzene rings is 2. The van der Waals surface area contributed by atoms with Crippen LogP contribution in [0.5, 0.6) is 11.5 Å². The van der Waals surface area contributed by atoms with Crippen LogP contribution >= 0.6 is 0 Å². The fourth-order valence-electron chi connectivity index (χ4n) is 4.77. The molecule has 2 aromatic carbocycles. The van der Waals surface area contributed by atoms with Gasteiger partial charge in [-0.2, -0.15) is 0 Å². The molecule has 1 aliphatic carbocycles. The molecule has 1 saturated heterocycles. The maximum atomic E-state index is 13.1. The number of ketones is 1. The van der Waals surface area contributed by atoms with Crippen molar-refractivity contribution >= 4 is 5.78 Å². The number of ether oxygens (including phenoxy) is 2. The molecule has 4 heteroatoms. The molecule has 2 atom stereocenters. The summed E-state index contributed by atoms with van der Waals surface area (Å²) in [6.45, 7) is 2.09. The molecule has 0 bridgehead atoms. The molecule has 0 N–H and O–H groups in total. The van der Waals surface area contributed by atoms with Crippen LogP contribution < -0.4 is 9.47 Å². The van der Waals surface area contributed by atoms with Gasteiger partial charge in [0.2, 0.25) is 0 Å². The Balaban J connectivity index is 1.49. The highest BCUT2D eigenvalue weighted by atomic mass is 16.5. The van der Waals surface area contributed by atoms with Crippen LogP contribution in [0.15, 0.2) is 42.5 Å². The molecule has 2 aliphatic rings. The number of carbonyl (C=O) groups is 1. The molecule has 0 radical (unpaired) electrons. The predicted octanol–water partition coefficient (Wildman–Crippen LogP) is 4.50. The van der Waals surface area contributed by atoms with E-state index >= 15 is 0 Å². The summed E-state index contributed by atoms with van der Waals surface area (Å²) < 4.78 is 10.8. The Morgan fingerprint density at radius 2 is 1.79 bits per heavy atom. The van der Waals surface area contributed by atoms with Gasteiger partial charge in [0.05, 0.1) is 14.2 Å². The summed E-state index contributed by atoms with van der Waals surface area (Å²) in [5, 5.41) is 0. The number of hydrogen-bond acceptors (Lipinski definition) is 4. The van der Waals surface area contributed by atoms with Crippen LogP contribution in [-0.4, -0.2) is 37.5 Å². The van der Waals surface area contributed by atoms with Gasteiger partial charge in [-0.25, -0.2) is 0 Å². The van der Waals surface area contributed by atoms with Crippen LogP contribution in [0.3, 0.4) is 0 Å². The second-order valence-electron chi connectivity index (χ2n) is 7.97. The molecule has 0 saturated carbocycles. The summed E-state index contributed by atoms with van der Waals surface area (Å²) in [6.07, 6.45) is 5.43. The molecule has 0 amide bonds. The van der Waals surface area contributed by atoms with E-state index in [1.807, 2.05) is 12.1 Å². The second kappa shape index (κ2) is 8.36. The van der Waals surface area contributed by atoms with E-state index in [1.165, 1.54) is 24.8 Å². The van der Waals surface area contributed by atoms with Gasteiger partial charge < -0.3 is 9.47 Å². The topological polar surface area (TPSA) is 38.8 Å². The molecule has 2 unspecified atom stereocenters. The van der Waals surface area contributed by atoms with Gasteiger partial charge in [0.15, 0.2) is 17.3 Å². The van der Waals surface area contributed by atoms with Gasteiger partial charge in [-0.1, -0.05) is 36.8 Å². The van der Waals surface area contributed by atoms with E-state index < -0.39 is 0 Å². The molecule has 1 heterocycles. The summed E-state index contributed by atoms with van der Waals surface area (Å²) in [6, 6.07) is 15.0. The largest absolute Gasteiger partial charge is 0.493 e. The Bertz CT molecular complexity index is 833. The highest BCUT2D eigenvalue weighted by molar-refractivity contribution is 6.03. The first-order chi connectivity index (χ1) is 13.7. The Hall–Kier alpha value is -2.33. The number of rotatable bonds is 6. The molecule has 148 valence electrons. The molecular formula is C24H29NO3. The van der Waals surface area contributed by atoms with Crippen molar-refractivity contribution in [3.8, 4) is 11.5 Å². The van der Waals surface area contributed by atoms with Crippen molar-refractivity contribution in [1.29, 1.82) is 0 Å². The number of hydrogen-bond donors (Lipinski definition) is 0. The molecule has 0 spiro atoms. The lowest BCUT2D eigenvalue weighted by Gasteiger charge is -2.37. The molecule has 1 fully saturated rings. The zero-order valence-corrected chi connectivity index (χ0v) is 16.8. The number of methoxy groups -OCH3 is 2. The van der Waals surface area contributed by atoms with Crippen molar-refractivity contribution in [2.24, 2.45) is 5.92 Å². The van der Waals surface area contributed by atoms with Crippen LogP contribution in [0.2, 0.25) is 0 Å². The zero-order chi connectivity index (χ0) is 19.5. The van der Waals surface area contributed by atoms with E-state index in [0.29, 0.717) is 17.5 Å². The van der Waals surface area contributed by atoms with Gasteiger partial charge in [0, 0.05) is 24.1 Å². The molecule has 4 nitrogen and oxygen atoms in total. The summed E-state index contributed by atoms with van der Waals surface area (Å²) >= 11 is 0. The van der Waals surface area contributed by atoms with Gasteiger partial charge >= 0.3 is 0 Å². The number of carbonyl (C=O) groups excluding carboxylic acids is 1. The lowest BCUT2D eigenvalue weighted by atomic mass is 9.89. The van der Waals surface area contributed by atoms with E-state index in [4.69, 9.17) is 9.47 Å². The number of nitrogens with zero attached hydrogens (tertiary/aromatic N) is 1. The first-order valence-electron chi connectivity index (χ1n) is 10.3. The van der Waals surface area contributed by atoms with E-state index in [-0.39, 0.29) is 11.7 Å². The van der Waals surface area contributed by atoms with Crippen LogP contribution in [0.1, 0.15) is 47.2 Å². The highest BCUT2D eigenvalue weighted by Gasteiger charge is 2.35. The highest BCUT2D eigenvalue weighted by Crippen LogP contribution is 2.39. The lowest BCUT2D eigenvalue weighted by Crippen LogP contribution is -2.40. The predicted molar refractivity (Wildman–Crippen MR) is 110 cm³/mol. The summed E-state index contributed by atoms with van der Waals surface area (Å²) in [4.78, 5) is 15.7. The normalized spacial score (nSPS) is 22.1. The van der Waals surface area contributed by atoms with Crippen molar-refractivity contribution in [1.82, 2.24) is 4.90 Å². The van der Waals surface area contributed by atoms with Gasteiger partial charge in [-0.05, 0) is 55.5 Å². The summed E-state index contributed by atoms with van der Waals surface area (Å²) in [5.41, 5.74) is 3.26. The summed E-state index contributed by atoms with van der Waals surface area (Å²) in [5.74, 6) is 1.67. The van der Waals surface area contributed by atoms with Gasteiger partial charge in [-0.3, -0.25) is 9.69 Å². The minimum atomic E-state index is 0.0631. The van der Waals surface area contributed by atoms with Crippen molar-refractivity contribution in [2.75, 3.05) is 20.8 Å². The van der Waals surface area contributed by atoms with Crippen LogP contribution in [0.25, 0.3) is 0 Å². The monoisotopic (exact) mass is 379 g/mol. The second-order valence-corrected chi connectivity index (χ2v) is 7.97. The Labute approximate surface area is 167 Å². The minimum Gasteiger partial charge on any atom is -0.493 e. The molecule has 28 heavy (non-hydrogen) atoms. The Morgan fingerprint density at radius 3 is 2.54 bits per heavy atom. The first-order valence-corrected chi connectivity index (χ1v) is 10.3. The van der Waals surface area contributed by atoms with Crippen LogP contribution in [-0.2, 0) is 13.0 Å². The van der Waals surface area contributed by atoms with E-state index in [2.05, 4.69) is 35.2 Å². The maximum absolute atomic E-state index is 13.1. The number of piperidine rings is 1. The molecule has 0 aromatic heterocycles. The fraction of sp³-hybridized carbons (Fsp3) is 0.458. The average molecular weight is 380 g/mol. The molecular weight excluding hydrogens is 350 g/mol. The molecule has 2 aromatic rings. The SMILES string of the molecule is COc1cc2c(cc1OC)C(=O)C(CC1CCCCN1Cc1ccccc1)C2. The first kappa shape index (κ1) is 19.0. The van der Waals surface area contributed by atoms with Crippen molar-refractivity contribution in [3.63, 3.8) is 0 Å². The standard InChI is InChI=1S/C24H29NO3/c1-27-22-14-18-12-19(24(26)21(18)15-23(22)28-2)13-20-10-6-7-11-25(20)16-17-8-4-3-5-9-17/h3-5,8-9,14-15,19-20H,6-7,10-13,16H2,1-2H3. The van der Waals surface area contributed by atoms with Crippen molar-refractivity contribution < 1.29 is 14.3 Å². The van der Waals surface area contributed by atoms with Gasteiger partial charge in [0.25, 0.3) is 0 Å². The molecule has 4 rings (SSSR count). The Morgan fingerprint density at radius 1 is 1.04 bits per heavy atom. The third-order valence-electron chi connectivity index (χ3n) is 6.25. The Kier molecular flexibility index (Phi) is 5.67. The van der Waals surface area contributed by atoms with Gasteiger partial charge in [-0.15, -0.1) is 0 Å². The van der Waals surface area contributed by atoms with E-state index in [1.54, 1.807) is 14.2 Å². The quantitative estimate of drug-likeness (QED) is 0.741. The van der Waals surface area contributed by atoms with Crippen molar-refractivity contribution in [3.05, 3.63) is 59.2 Å². The zero-order valence-electron chi connectivity index (χ0n) is 16.8. The number of fused-ring (bicyclic) bond motifs is 1. The summed E-state index contributed by atoms with van der Waals surface area (Å²) in [7, 11) is 3.26. The van der Waals surface area contributed by atoms with Crippen molar-refractivity contribution in [2.45, 2.75) is 44.7 Å². The van der Waals surface area contributed by atoms with E-state index in [9.17, 15) is 4.79 Å². The fourth-order valence-corrected chi connectivity index (χ4v) is 4.77. The minimum absolute atomic E-state index is 0.0631. The number of likely N-dealkylation sites (tertiary alicyclic amines) is 1. The molecule has 1 aliphatic heterocycles. The van der Waals surface area contributed by atoms with Crippen LogP contribution in [0, 0.1) is 5.92 Å². The maximum Gasteiger partial charge on any atom is 0.166 e. The third-order valence-corrected chi connectivity index (χ3v) is 6.25. The third kappa shape index (κ3) is 3.79. The van der Waals surface area contributed by atoms with Crippen LogP contribution in [0.4, 0.5) is 0 Å². The van der Waals surface area contributed by atoms with E-state index in [0.717, 1.165) is 37.1 Å².